The molecule has 2 rings (SSSR count). The average molecular weight is 253 g/mol. The van der Waals surface area contributed by atoms with Gasteiger partial charge in [0.15, 0.2) is 0 Å². The highest BCUT2D eigenvalue weighted by Gasteiger charge is 2.00. The SMILES string of the molecule is C/C(=C/C(=O)Nc1ccccc1)Oc1ccccc1. The van der Waals surface area contributed by atoms with Crippen molar-refractivity contribution in [2.75, 3.05) is 5.32 Å². The first kappa shape index (κ1) is 12.9. The van der Waals surface area contributed by atoms with Crippen molar-refractivity contribution in [3.63, 3.8) is 0 Å². The first-order valence-corrected chi connectivity index (χ1v) is 6.01. The van der Waals surface area contributed by atoms with Crippen LogP contribution < -0.4 is 10.1 Å². The molecule has 0 bridgehead atoms. The van der Waals surface area contributed by atoms with Gasteiger partial charge >= 0.3 is 0 Å². The predicted octanol–water partition coefficient (Wildman–Crippen LogP) is 3.61. The standard InChI is InChI=1S/C16H15NO2/c1-13(19-15-10-6-3-7-11-15)12-16(18)17-14-8-4-2-5-9-14/h2-12H,1H3,(H,17,18)/b13-12-. The minimum atomic E-state index is -0.209. The lowest BCUT2D eigenvalue weighted by molar-refractivity contribution is -0.112. The van der Waals surface area contributed by atoms with E-state index in [1.54, 1.807) is 6.92 Å². The molecule has 0 radical (unpaired) electrons. The van der Waals surface area contributed by atoms with E-state index in [4.69, 9.17) is 4.74 Å². The molecule has 0 aliphatic carbocycles. The summed E-state index contributed by atoms with van der Waals surface area (Å²) in [6.07, 6.45) is 1.43. The Morgan fingerprint density at radius 2 is 1.58 bits per heavy atom. The maximum Gasteiger partial charge on any atom is 0.251 e. The van der Waals surface area contributed by atoms with Gasteiger partial charge in [0.05, 0.1) is 0 Å². The third-order valence-corrected chi connectivity index (χ3v) is 2.40. The molecular weight excluding hydrogens is 238 g/mol. The van der Waals surface area contributed by atoms with E-state index in [1.807, 2.05) is 60.7 Å². The summed E-state index contributed by atoms with van der Waals surface area (Å²) < 4.78 is 5.52. The molecule has 0 fully saturated rings. The zero-order valence-electron chi connectivity index (χ0n) is 10.7. The van der Waals surface area contributed by atoms with Crippen LogP contribution in [0.4, 0.5) is 5.69 Å². The number of nitrogens with one attached hydrogen (secondary N) is 1. The van der Waals surface area contributed by atoms with E-state index in [9.17, 15) is 4.79 Å². The van der Waals surface area contributed by atoms with E-state index in [0.717, 1.165) is 5.69 Å². The van der Waals surface area contributed by atoms with Crippen molar-refractivity contribution in [1.29, 1.82) is 0 Å². The molecule has 0 aromatic heterocycles. The molecule has 3 nitrogen and oxygen atoms in total. The number of benzene rings is 2. The Balaban J connectivity index is 1.95. The maximum absolute atomic E-state index is 11.7. The predicted molar refractivity (Wildman–Crippen MR) is 75.9 cm³/mol. The number of hydrogen-bond donors (Lipinski definition) is 1. The van der Waals surface area contributed by atoms with Crippen LogP contribution in [-0.2, 0) is 4.79 Å². The second kappa shape index (κ2) is 6.40. The molecule has 0 heterocycles. The van der Waals surface area contributed by atoms with Gasteiger partial charge in [0.1, 0.15) is 11.5 Å². The lowest BCUT2D eigenvalue weighted by atomic mass is 10.3. The average Bonchev–Trinajstić information content (AvgIpc) is 2.40. The van der Waals surface area contributed by atoms with Crippen LogP contribution in [0.25, 0.3) is 0 Å². The van der Waals surface area contributed by atoms with Gasteiger partial charge in [-0.25, -0.2) is 0 Å². The van der Waals surface area contributed by atoms with Crippen LogP contribution >= 0.6 is 0 Å². The van der Waals surface area contributed by atoms with E-state index < -0.39 is 0 Å². The minimum Gasteiger partial charge on any atom is -0.462 e. The zero-order valence-corrected chi connectivity index (χ0v) is 10.7. The Kier molecular flexibility index (Phi) is 4.34. The van der Waals surface area contributed by atoms with Crippen molar-refractivity contribution in [2.45, 2.75) is 6.92 Å². The fourth-order valence-corrected chi connectivity index (χ4v) is 1.59. The quantitative estimate of drug-likeness (QED) is 0.667. The Morgan fingerprint density at radius 1 is 1.00 bits per heavy atom. The van der Waals surface area contributed by atoms with Crippen LogP contribution in [0.2, 0.25) is 0 Å². The number of carbonyl (C=O) groups is 1. The fourth-order valence-electron chi connectivity index (χ4n) is 1.59. The highest BCUT2D eigenvalue weighted by Crippen LogP contribution is 2.12. The zero-order chi connectivity index (χ0) is 13.5. The number of carbonyl (C=O) groups excluding carboxylic acids is 1. The van der Waals surface area contributed by atoms with Gasteiger partial charge in [0.25, 0.3) is 5.91 Å². The van der Waals surface area contributed by atoms with Crippen molar-refractivity contribution in [2.24, 2.45) is 0 Å². The molecule has 1 amide bonds. The number of allylic oxidation sites excluding steroid dienone is 1. The van der Waals surface area contributed by atoms with Crippen molar-refractivity contribution in [3.8, 4) is 5.75 Å². The summed E-state index contributed by atoms with van der Waals surface area (Å²) in [5.74, 6) is 1.04. The Labute approximate surface area is 112 Å². The highest BCUT2D eigenvalue weighted by atomic mass is 16.5. The van der Waals surface area contributed by atoms with E-state index >= 15 is 0 Å². The largest absolute Gasteiger partial charge is 0.462 e. The molecule has 0 saturated heterocycles. The first-order valence-electron chi connectivity index (χ1n) is 6.01. The fraction of sp³-hybridized carbons (Fsp3) is 0.0625. The van der Waals surface area contributed by atoms with Gasteiger partial charge in [-0.2, -0.15) is 0 Å². The molecule has 0 spiro atoms. The monoisotopic (exact) mass is 253 g/mol. The van der Waals surface area contributed by atoms with Crippen LogP contribution in [0.5, 0.6) is 5.75 Å². The third kappa shape index (κ3) is 4.32. The summed E-state index contributed by atoms with van der Waals surface area (Å²) in [6.45, 7) is 1.75. The molecule has 0 saturated carbocycles. The van der Waals surface area contributed by atoms with Crippen LogP contribution in [0.15, 0.2) is 72.5 Å². The highest BCUT2D eigenvalue weighted by molar-refractivity contribution is 5.99. The molecule has 0 unspecified atom stereocenters. The van der Waals surface area contributed by atoms with Gasteiger partial charge in [0.2, 0.25) is 0 Å². The second-order valence-electron chi connectivity index (χ2n) is 4.03. The summed E-state index contributed by atoms with van der Waals surface area (Å²) in [7, 11) is 0. The van der Waals surface area contributed by atoms with Gasteiger partial charge < -0.3 is 10.1 Å². The number of para-hydroxylation sites is 2. The lowest BCUT2D eigenvalue weighted by Gasteiger charge is -2.06. The van der Waals surface area contributed by atoms with E-state index in [-0.39, 0.29) is 5.91 Å². The van der Waals surface area contributed by atoms with E-state index in [0.29, 0.717) is 11.5 Å². The summed E-state index contributed by atoms with van der Waals surface area (Å²) >= 11 is 0. The second-order valence-corrected chi connectivity index (χ2v) is 4.03. The summed E-state index contributed by atoms with van der Waals surface area (Å²) in [4.78, 5) is 11.7. The minimum absolute atomic E-state index is 0.209. The van der Waals surface area contributed by atoms with Crippen LogP contribution in [0.3, 0.4) is 0 Å². The van der Waals surface area contributed by atoms with Gasteiger partial charge in [-0.05, 0) is 31.2 Å². The van der Waals surface area contributed by atoms with Crippen LogP contribution in [0.1, 0.15) is 6.92 Å². The molecule has 2 aromatic rings. The van der Waals surface area contributed by atoms with Crippen LogP contribution in [0, 0.1) is 0 Å². The third-order valence-electron chi connectivity index (χ3n) is 2.40. The molecule has 2 aromatic carbocycles. The topological polar surface area (TPSA) is 38.3 Å². The summed E-state index contributed by atoms with van der Waals surface area (Å²) in [6, 6.07) is 18.7. The molecular formula is C16H15NO2. The molecule has 3 heteroatoms. The lowest BCUT2D eigenvalue weighted by Crippen LogP contribution is -2.09. The Hall–Kier alpha value is -2.55. The summed E-state index contributed by atoms with van der Waals surface area (Å²) in [5.41, 5.74) is 0.760. The van der Waals surface area contributed by atoms with E-state index in [2.05, 4.69) is 5.32 Å². The molecule has 0 aliphatic heterocycles. The maximum atomic E-state index is 11.7. The van der Waals surface area contributed by atoms with Crippen molar-refractivity contribution >= 4 is 11.6 Å². The smallest absolute Gasteiger partial charge is 0.251 e. The number of hydrogen-bond acceptors (Lipinski definition) is 2. The molecule has 96 valence electrons. The number of ether oxygens (including phenoxy) is 1. The van der Waals surface area contributed by atoms with E-state index in [1.165, 1.54) is 6.08 Å². The number of anilines is 1. The van der Waals surface area contributed by atoms with Crippen molar-refractivity contribution in [1.82, 2.24) is 0 Å². The van der Waals surface area contributed by atoms with Gasteiger partial charge in [-0.15, -0.1) is 0 Å². The van der Waals surface area contributed by atoms with Crippen molar-refractivity contribution in [3.05, 3.63) is 72.5 Å². The normalized spacial score (nSPS) is 10.9. The summed E-state index contributed by atoms with van der Waals surface area (Å²) in [5, 5.41) is 2.76. The molecule has 0 aliphatic rings. The van der Waals surface area contributed by atoms with Gasteiger partial charge in [-0.3, -0.25) is 4.79 Å². The number of amides is 1. The first-order chi connectivity index (χ1) is 9.24. The van der Waals surface area contributed by atoms with Crippen LogP contribution in [-0.4, -0.2) is 5.91 Å². The number of rotatable bonds is 4. The molecule has 1 N–H and O–H groups in total. The van der Waals surface area contributed by atoms with Crippen molar-refractivity contribution < 1.29 is 9.53 Å². The Bertz CT molecular complexity index is 562. The molecule has 19 heavy (non-hydrogen) atoms. The Morgan fingerprint density at radius 3 is 2.21 bits per heavy atom. The van der Waals surface area contributed by atoms with Gasteiger partial charge in [-0.1, -0.05) is 36.4 Å². The molecule has 0 atom stereocenters. The van der Waals surface area contributed by atoms with Gasteiger partial charge in [0, 0.05) is 11.8 Å².